The smallest absolute Gasteiger partial charge is 0.233 e. The van der Waals surface area contributed by atoms with E-state index in [2.05, 4.69) is 5.32 Å². The van der Waals surface area contributed by atoms with E-state index >= 15 is 0 Å². The number of carbonyl (C=O) groups excluding carboxylic acids is 2. The second-order valence-corrected chi connectivity index (χ2v) is 5.80. The van der Waals surface area contributed by atoms with Crippen molar-refractivity contribution in [2.75, 3.05) is 25.5 Å². The van der Waals surface area contributed by atoms with Crippen molar-refractivity contribution in [1.82, 2.24) is 4.90 Å². The van der Waals surface area contributed by atoms with Gasteiger partial charge in [0, 0.05) is 18.1 Å². The van der Waals surface area contributed by atoms with E-state index in [1.54, 1.807) is 23.1 Å². The number of ether oxygens (including phenoxy) is 1. The molecule has 5 nitrogen and oxygen atoms in total. The average molecular weight is 325 g/mol. The van der Waals surface area contributed by atoms with Gasteiger partial charge in [0.15, 0.2) is 0 Å². The highest BCUT2D eigenvalue weighted by Gasteiger charge is 2.19. The van der Waals surface area contributed by atoms with Crippen molar-refractivity contribution in [3.63, 3.8) is 0 Å². The van der Waals surface area contributed by atoms with Gasteiger partial charge < -0.3 is 15.0 Å². The fourth-order valence-corrected chi connectivity index (χ4v) is 2.71. The van der Waals surface area contributed by atoms with E-state index in [1.165, 1.54) is 7.11 Å². The van der Waals surface area contributed by atoms with Crippen LogP contribution in [0.5, 0.6) is 5.75 Å². The molecule has 1 aromatic carbocycles. The molecule has 0 aromatic heterocycles. The Morgan fingerprint density at radius 3 is 2.55 bits per heavy atom. The Bertz CT molecular complexity index is 540. The first-order valence-corrected chi connectivity index (χ1v) is 7.89. The number of likely N-dealkylation sites (tertiary alicyclic amines) is 1. The number of hydrogen-bond donors (Lipinski definition) is 1. The second kappa shape index (κ2) is 8.03. The third-order valence-electron chi connectivity index (χ3n) is 3.71. The minimum atomic E-state index is -0.352. The second-order valence-electron chi connectivity index (χ2n) is 5.36. The lowest BCUT2D eigenvalue weighted by Crippen LogP contribution is -2.34. The summed E-state index contributed by atoms with van der Waals surface area (Å²) in [5, 5.41) is 3.19. The summed E-state index contributed by atoms with van der Waals surface area (Å²) < 4.78 is 5.17. The largest absolute Gasteiger partial charge is 0.495 e. The summed E-state index contributed by atoms with van der Waals surface area (Å²) >= 11 is 5.92. The molecule has 22 heavy (non-hydrogen) atoms. The van der Waals surface area contributed by atoms with Crippen LogP contribution in [0.15, 0.2) is 18.2 Å². The Morgan fingerprint density at radius 2 is 1.91 bits per heavy atom. The van der Waals surface area contributed by atoms with Crippen molar-refractivity contribution < 1.29 is 14.3 Å². The van der Waals surface area contributed by atoms with E-state index in [1.807, 2.05) is 0 Å². The summed E-state index contributed by atoms with van der Waals surface area (Å²) in [5.74, 6) is 0.0372. The molecule has 0 spiro atoms. The van der Waals surface area contributed by atoms with Gasteiger partial charge in [0.2, 0.25) is 11.8 Å². The molecule has 1 heterocycles. The van der Waals surface area contributed by atoms with Crippen molar-refractivity contribution in [2.45, 2.75) is 32.1 Å². The van der Waals surface area contributed by atoms with Gasteiger partial charge in [-0.05, 0) is 31.0 Å². The van der Waals surface area contributed by atoms with Gasteiger partial charge in [-0.3, -0.25) is 9.59 Å². The van der Waals surface area contributed by atoms with E-state index in [0.717, 1.165) is 38.8 Å². The van der Waals surface area contributed by atoms with E-state index in [0.29, 0.717) is 16.5 Å². The Hall–Kier alpha value is -1.75. The number of benzene rings is 1. The third kappa shape index (κ3) is 4.63. The van der Waals surface area contributed by atoms with E-state index in [4.69, 9.17) is 16.3 Å². The third-order valence-corrected chi connectivity index (χ3v) is 3.94. The number of hydrogen-bond acceptors (Lipinski definition) is 3. The summed E-state index contributed by atoms with van der Waals surface area (Å²) in [7, 11) is 1.52. The molecule has 1 N–H and O–H groups in total. The Labute approximate surface area is 135 Å². The van der Waals surface area contributed by atoms with Crippen LogP contribution in [-0.4, -0.2) is 36.9 Å². The molecule has 120 valence electrons. The number of amides is 2. The average Bonchev–Trinajstić information content (AvgIpc) is 2.76. The minimum absolute atomic E-state index is 0.125. The van der Waals surface area contributed by atoms with Crippen LogP contribution in [0.3, 0.4) is 0 Å². The summed E-state index contributed by atoms with van der Waals surface area (Å²) in [4.78, 5) is 26.0. The number of rotatable bonds is 4. The Balaban J connectivity index is 1.94. The first-order valence-electron chi connectivity index (χ1n) is 7.51. The van der Waals surface area contributed by atoms with Gasteiger partial charge in [-0.1, -0.05) is 24.4 Å². The molecule has 1 aliphatic rings. The topological polar surface area (TPSA) is 58.6 Å². The van der Waals surface area contributed by atoms with E-state index in [9.17, 15) is 9.59 Å². The van der Waals surface area contributed by atoms with Crippen LogP contribution in [-0.2, 0) is 9.59 Å². The molecule has 1 fully saturated rings. The van der Waals surface area contributed by atoms with Gasteiger partial charge in [-0.15, -0.1) is 0 Å². The SMILES string of the molecule is COc1ccc(Cl)cc1NC(=O)CC(=O)N1CCCCCC1. The molecule has 0 bridgehead atoms. The maximum absolute atomic E-state index is 12.2. The maximum atomic E-state index is 12.2. The molecule has 1 saturated heterocycles. The number of nitrogens with one attached hydrogen (secondary N) is 1. The van der Waals surface area contributed by atoms with Gasteiger partial charge >= 0.3 is 0 Å². The number of anilines is 1. The normalized spacial score (nSPS) is 15.1. The molecule has 1 aliphatic heterocycles. The summed E-state index contributed by atoms with van der Waals surface area (Å²) in [5.41, 5.74) is 0.476. The van der Waals surface area contributed by atoms with Crippen LogP contribution < -0.4 is 10.1 Å². The monoisotopic (exact) mass is 324 g/mol. The molecule has 0 radical (unpaired) electrons. The van der Waals surface area contributed by atoms with Crippen molar-refractivity contribution in [3.8, 4) is 5.75 Å². The highest BCUT2D eigenvalue weighted by atomic mass is 35.5. The van der Waals surface area contributed by atoms with Gasteiger partial charge in [0.05, 0.1) is 12.8 Å². The van der Waals surface area contributed by atoms with Crippen LogP contribution >= 0.6 is 11.6 Å². The van der Waals surface area contributed by atoms with Crippen LogP contribution in [0.4, 0.5) is 5.69 Å². The predicted molar refractivity (Wildman–Crippen MR) is 86.3 cm³/mol. The summed E-state index contributed by atoms with van der Waals surface area (Å²) in [6, 6.07) is 4.96. The van der Waals surface area contributed by atoms with Crippen LogP contribution in [0.1, 0.15) is 32.1 Å². The van der Waals surface area contributed by atoms with Gasteiger partial charge in [-0.2, -0.15) is 0 Å². The Kier molecular flexibility index (Phi) is 6.07. The summed E-state index contributed by atoms with van der Waals surface area (Å²) in [6.45, 7) is 1.49. The molecule has 0 aliphatic carbocycles. The zero-order valence-electron chi connectivity index (χ0n) is 12.7. The number of carbonyl (C=O) groups is 2. The van der Waals surface area contributed by atoms with Gasteiger partial charge in [0.25, 0.3) is 0 Å². The number of methoxy groups -OCH3 is 1. The molecule has 0 atom stereocenters. The molecule has 2 amide bonds. The Morgan fingerprint density at radius 1 is 1.23 bits per heavy atom. The molecule has 1 aromatic rings. The maximum Gasteiger partial charge on any atom is 0.233 e. The van der Waals surface area contributed by atoms with Crippen molar-refractivity contribution in [1.29, 1.82) is 0 Å². The number of nitrogens with zero attached hydrogens (tertiary/aromatic N) is 1. The van der Waals surface area contributed by atoms with Crippen molar-refractivity contribution in [2.24, 2.45) is 0 Å². The first kappa shape index (κ1) is 16.6. The molecule has 6 heteroatoms. The zero-order valence-corrected chi connectivity index (χ0v) is 13.5. The van der Waals surface area contributed by atoms with Crippen LogP contribution in [0.25, 0.3) is 0 Å². The fourth-order valence-electron chi connectivity index (χ4n) is 2.54. The van der Waals surface area contributed by atoms with Crippen molar-refractivity contribution >= 4 is 29.1 Å². The highest BCUT2D eigenvalue weighted by Crippen LogP contribution is 2.27. The molecular formula is C16H21ClN2O3. The van der Waals surface area contributed by atoms with Crippen LogP contribution in [0, 0.1) is 0 Å². The van der Waals surface area contributed by atoms with Gasteiger partial charge in [-0.25, -0.2) is 0 Å². The van der Waals surface area contributed by atoms with E-state index < -0.39 is 0 Å². The highest BCUT2D eigenvalue weighted by molar-refractivity contribution is 6.31. The fraction of sp³-hybridized carbons (Fsp3) is 0.500. The standard InChI is InChI=1S/C16H21ClN2O3/c1-22-14-7-6-12(17)10-13(14)18-15(20)11-16(21)19-8-4-2-3-5-9-19/h6-7,10H,2-5,8-9,11H2,1H3,(H,18,20). The lowest BCUT2D eigenvalue weighted by atomic mass is 10.2. The number of halogens is 1. The van der Waals surface area contributed by atoms with Crippen LogP contribution in [0.2, 0.25) is 5.02 Å². The van der Waals surface area contributed by atoms with Gasteiger partial charge in [0.1, 0.15) is 12.2 Å². The quantitative estimate of drug-likeness (QED) is 0.866. The molecular weight excluding hydrogens is 304 g/mol. The molecule has 2 rings (SSSR count). The zero-order chi connectivity index (χ0) is 15.9. The predicted octanol–water partition coefficient (Wildman–Crippen LogP) is 3.08. The molecule has 0 saturated carbocycles. The van der Waals surface area contributed by atoms with E-state index in [-0.39, 0.29) is 18.2 Å². The minimum Gasteiger partial charge on any atom is -0.495 e. The van der Waals surface area contributed by atoms with Crippen molar-refractivity contribution in [3.05, 3.63) is 23.2 Å². The molecule has 0 unspecified atom stereocenters. The lowest BCUT2D eigenvalue weighted by molar-refractivity contribution is -0.134. The lowest BCUT2D eigenvalue weighted by Gasteiger charge is -2.20. The first-order chi connectivity index (χ1) is 10.6. The summed E-state index contributed by atoms with van der Waals surface area (Å²) in [6.07, 6.45) is 4.16.